The lowest BCUT2D eigenvalue weighted by atomic mass is 10.00. The van der Waals surface area contributed by atoms with Gasteiger partial charge in [-0.05, 0) is 49.4 Å². The third-order valence-corrected chi connectivity index (χ3v) is 18.3. The predicted molar refractivity (Wildman–Crippen MR) is 358 cm³/mol. The van der Waals surface area contributed by atoms with Crippen LogP contribution in [-0.2, 0) is 65.4 Å². The minimum absolute atomic E-state index is 0.103. The van der Waals surface area contributed by atoms with Gasteiger partial charge in [-0.1, -0.05) is 293 Å². The maximum atomic E-state index is 13.0. The lowest BCUT2D eigenvalue weighted by molar-refractivity contribution is -0.161. The van der Waals surface area contributed by atoms with Gasteiger partial charge in [0.05, 0.1) is 26.4 Å². The van der Waals surface area contributed by atoms with Crippen LogP contribution in [0.3, 0.4) is 0 Å². The Morgan fingerprint density at radius 1 is 0.315 bits per heavy atom. The van der Waals surface area contributed by atoms with Crippen molar-refractivity contribution in [2.75, 3.05) is 39.6 Å². The maximum Gasteiger partial charge on any atom is 0.472 e. The van der Waals surface area contributed by atoms with Gasteiger partial charge in [-0.15, -0.1) is 0 Å². The molecule has 0 aliphatic carbocycles. The zero-order chi connectivity index (χ0) is 66.1. The molecule has 0 aromatic heterocycles. The summed E-state index contributed by atoms with van der Waals surface area (Å²) in [5.74, 6) is 0.794. The second-order valence-corrected chi connectivity index (χ2v) is 29.8. The number of ether oxygens (including phenoxy) is 4. The molecule has 0 heterocycles. The molecule has 19 heteroatoms. The minimum atomic E-state index is -4.95. The molecule has 528 valence electrons. The van der Waals surface area contributed by atoms with E-state index in [1.807, 2.05) is 0 Å². The van der Waals surface area contributed by atoms with Crippen LogP contribution >= 0.6 is 15.6 Å². The monoisotopic (exact) mass is 1310 g/mol. The Morgan fingerprint density at radius 3 is 0.798 bits per heavy atom. The number of phosphoric acid groups is 2. The van der Waals surface area contributed by atoms with Crippen LogP contribution in [-0.4, -0.2) is 96.7 Å². The Balaban J connectivity index is 5.16. The number of aliphatic hydroxyl groups excluding tert-OH is 1. The van der Waals surface area contributed by atoms with E-state index in [0.717, 1.165) is 114 Å². The van der Waals surface area contributed by atoms with Crippen LogP contribution in [0.5, 0.6) is 0 Å². The highest BCUT2D eigenvalue weighted by Gasteiger charge is 2.30. The third-order valence-electron chi connectivity index (χ3n) is 16.4. The van der Waals surface area contributed by atoms with Crippen molar-refractivity contribution in [2.24, 2.45) is 23.7 Å². The predicted octanol–water partition coefficient (Wildman–Crippen LogP) is 19.7. The molecule has 0 amide bonds. The molecule has 6 atom stereocenters. The fourth-order valence-electron chi connectivity index (χ4n) is 10.5. The molecule has 0 rings (SSSR count). The maximum absolute atomic E-state index is 13.0. The first-order chi connectivity index (χ1) is 42.6. The van der Waals surface area contributed by atoms with E-state index >= 15 is 0 Å². The zero-order valence-corrected chi connectivity index (χ0v) is 59.8. The molecule has 0 bridgehead atoms. The lowest BCUT2D eigenvalue weighted by Gasteiger charge is -2.21. The Kier molecular flexibility index (Phi) is 58.5. The lowest BCUT2D eigenvalue weighted by Crippen LogP contribution is -2.30. The average molecular weight is 1310 g/mol. The van der Waals surface area contributed by atoms with E-state index in [9.17, 15) is 43.2 Å². The number of hydrogen-bond donors (Lipinski definition) is 3. The molecule has 0 radical (unpaired) electrons. The molecular formula is C70H136O17P2. The fraction of sp³-hybridized carbons (Fsp3) is 0.943. The van der Waals surface area contributed by atoms with Gasteiger partial charge < -0.3 is 33.8 Å². The Hall–Kier alpha value is -1.94. The van der Waals surface area contributed by atoms with Crippen LogP contribution in [0.4, 0.5) is 0 Å². The van der Waals surface area contributed by atoms with Gasteiger partial charge in [0.25, 0.3) is 0 Å². The van der Waals surface area contributed by atoms with Crippen molar-refractivity contribution in [1.29, 1.82) is 0 Å². The molecule has 0 saturated heterocycles. The van der Waals surface area contributed by atoms with Gasteiger partial charge in [0.15, 0.2) is 12.2 Å². The van der Waals surface area contributed by atoms with Gasteiger partial charge in [0.2, 0.25) is 0 Å². The molecule has 0 spiro atoms. The van der Waals surface area contributed by atoms with Gasteiger partial charge in [-0.25, -0.2) is 9.13 Å². The number of phosphoric ester groups is 2. The first kappa shape index (κ1) is 87.1. The highest BCUT2D eigenvalue weighted by molar-refractivity contribution is 7.47. The topological polar surface area (TPSA) is 237 Å². The first-order valence-electron chi connectivity index (χ1n) is 36.2. The molecular weight excluding hydrogens is 1170 g/mol. The van der Waals surface area contributed by atoms with E-state index in [2.05, 4.69) is 55.4 Å². The summed E-state index contributed by atoms with van der Waals surface area (Å²) < 4.78 is 68.2. The van der Waals surface area contributed by atoms with E-state index in [-0.39, 0.29) is 25.7 Å². The number of esters is 4. The summed E-state index contributed by atoms with van der Waals surface area (Å²) in [6, 6.07) is 0. The summed E-state index contributed by atoms with van der Waals surface area (Å²) in [6.07, 6.45) is 42.1. The standard InChI is InChI=1S/C70H136O17P2/c1-9-63(8)49-41-33-27-29-37-45-53-70(75)87-66(56-80-67(72)50-42-34-24-19-17-15-13-11-10-12-14-16-18-22-30-38-46-60(2)3)59-85-89(78,79)83-55-64(71)54-82-88(76,77)84-58-65(57-81-68(73)51-43-35-28-26-32-40-48-62(6)7)86-69(74)52-44-36-25-21-20-23-31-39-47-61(4)5/h60-66,71H,9-59H2,1-8H3,(H,76,77)(H,78,79)/t63?,64-,65+,66+/m0/s1. The van der Waals surface area contributed by atoms with Crippen molar-refractivity contribution < 1.29 is 80.2 Å². The average Bonchev–Trinajstić information content (AvgIpc) is 3.67. The van der Waals surface area contributed by atoms with Crippen molar-refractivity contribution in [1.82, 2.24) is 0 Å². The van der Waals surface area contributed by atoms with Gasteiger partial charge in [-0.3, -0.25) is 37.3 Å². The highest BCUT2D eigenvalue weighted by Crippen LogP contribution is 2.45. The van der Waals surface area contributed by atoms with Crippen molar-refractivity contribution >= 4 is 39.5 Å². The van der Waals surface area contributed by atoms with Gasteiger partial charge in [0.1, 0.15) is 19.3 Å². The number of carbonyl (C=O) groups is 4. The Morgan fingerprint density at radius 2 is 0.539 bits per heavy atom. The van der Waals surface area contributed by atoms with E-state index in [0.29, 0.717) is 31.6 Å². The minimum Gasteiger partial charge on any atom is -0.462 e. The largest absolute Gasteiger partial charge is 0.472 e. The molecule has 3 unspecified atom stereocenters. The number of unbranched alkanes of at least 4 members (excludes halogenated alkanes) is 32. The molecule has 0 saturated carbocycles. The van der Waals surface area contributed by atoms with Crippen LogP contribution in [0.15, 0.2) is 0 Å². The highest BCUT2D eigenvalue weighted by atomic mass is 31.2. The van der Waals surface area contributed by atoms with E-state index in [1.165, 1.54) is 141 Å². The Bertz CT molecular complexity index is 1770. The molecule has 89 heavy (non-hydrogen) atoms. The third kappa shape index (κ3) is 63.2. The van der Waals surface area contributed by atoms with Gasteiger partial charge in [-0.2, -0.15) is 0 Å². The van der Waals surface area contributed by atoms with E-state index in [1.54, 1.807) is 0 Å². The fourth-order valence-corrected chi connectivity index (χ4v) is 12.0. The van der Waals surface area contributed by atoms with Crippen LogP contribution < -0.4 is 0 Å². The van der Waals surface area contributed by atoms with Crippen LogP contribution in [0.1, 0.15) is 344 Å². The van der Waals surface area contributed by atoms with Crippen LogP contribution in [0.25, 0.3) is 0 Å². The molecule has 0 aliphatic heterocycles. The van der Waals surface area contributed by atoms with Crippen molar-refractivity contribution in [3.63, 3.8) is 0 Å². The molecule has 0 aromatic rings. The SMILES string of the molecule is CCC(C)CCCCCCCCC(=O)O[C@H](COC(=O)CCCCCCCCCCCCCCCCCCC(C)C)COP(=O)(O)OC[C@@H](O)COP(=O)(O)OC[C@@H](COC(=O)CCCCCCCCC(C)C)OC(=O)CCCCCCCCCCC(C)C. The summed E-state index contributed by atoms with van der Waals surface area (Å²) in [6.45, 7) is 14.0. The number of hydrogen-bond acceptors (Lipinski definition) is 15. The van der Waals surface area contributed by atoms with Crippen LogP contribution in [0.2, 0.25) is 0 Å². The van der Waals surface area contributed by atoms with Crippen molar-refractivity contribution in [3.05, 3.63) is 0 Å². The number of carbonyl (C=O) groups excluding carboxylic acids is 4. The summed E-state index contributed by atoms with van der Waals surface area (Å²) in [5.41, 5.74) is 0. The quantitative estimate of drug-likeness (QED) is 0.0222. The molecule has 3 N–H and O–H groups in total. The second kappa shape index (κ2) is 59.8. The van der Waals surface area contributed by atoms with Crippen LogP contribution in [0, 0.1) is 23.7 Å². The zero-order valence-electron chi connectivity index (χ0n) is 58.1. The number of rotatable bonds is 67. The molecule has 0 aliphatic rings. The number of aliphatic hydroxyl groups is 1. The normalized spacial score (nSPS) is 14.6. The van der Waals surface area contributed by atoms with E-state index in [4.69, 9.17) is 37.0 Å². The van der Waals surface area contributed by atoms with Crippen molar-refractivity contribution in [3.8, 4) is 0 Å². The second-order valence-electron chi connectivity index (χ2n) is 26.9. The summed E-state index contributed by atoms with van der Waals surface area (Å²) in [7, 11) is -9.90. The Labute approximate surface area is 543 Å². The van der Waals surface area contributed by atoms with E-state index < -0.39 is 97.5 Å². The first-order valence-corrected chi connectivity index (χ1v) is 39.2. The summed E-state index contributed by atoms with van der Waals surface area (Å²) >= 11 is 0. The van der Waals surface area contributed by atoms with Gasteiger partial charge >= 0.3 is 39.5 Å². The van der Waals surface area contributed by atoms with Gasteiger partial charge in [0, 0.05) is 25.7 Å². The summed E-state index contributed by atoms with van der Waals surface area (Å²) in [5, 5.41) is 10.6. The van der Waals surface area contributed by atoms with Crippen molar-refractivity contribution in [2.45, 2.75) is 363 Å². The molecule has 17 nitrogen and oxygen atoms in total. The smallest absolute Gasteiger partial charge is 0.462 e. The molecule has 0 aromatic carbocycles. The summed E-state index contributed by atoms with van der Waals surface area (Å²) in [4.78, 5) is 72.4. The molecule has 0 fully saturated rings.